The zero-order valence-electron chi connectivity index (χ0n) is 10.0. The summed E-state index contributed by atoms with van der Waals surface area (Å²) in [6, 6.07) is 0.0712. The normalized spacial score (nSPS) is 10.9. The lowest BCUT2D eigenvalue weighted by molar-refractivity contribution is -0.141. The van der Waals surface area contributed by atoms with Gasteiger partial charge in [-0.3, -0.25) is 0 Å². The van der Waals surface area contributed by atoms with Crippen molar-refractivity contribution >= 4 is 17.8 Å². The number of anilines is 2. The Morgan fingerprint density at radius 2 is 2.05 bits per heavy atom. The minimum Gasteiger partial charge on any atom is -0.368 e. The number of hydrogen-bond acceptors (Lipinski definition) is 5. The molecule has 0 bridgehead atoms. The first-order valence-corrected chi connectivity index (χ1v) is 5.24. The van der Waals surface area contributed by atoms with Gasteiger partial charge in [0, 0.05) is 26.2 Å². The number of primary amides is 1. The highest BCUT2D eigenvalue weighted by Crippen LogP contribution is 2.29. The van der Waals surface area contributed by atoms with Crippen LogP contribution in [-0.4, -0.2) is 36.1 Å². The summed E-state index contributed by atoms with van der Waals surface area (Å²) in [5.74, 6) is -0.155. The summed E-state index contributed by atoms with van der Waals surface area (Å²) >= 11 is 0. The van der Waals surface area contributed by atoms with Crippen LogP contribution in [0.15, 0.2) is 6.07 Å². The molecule has 1 aromatic heterocycles. The molecule has 0 aromatic carbocycles. The minimum absolute atomic E-state index is 0.00190. The Kier molecular flexibility index (Phi) is 4.73. The highest BCUT2D eigenvalue weighted by atomic mass is 19.4. The van der Waals surface area contributed by atoms with Crippen LogP contribution >= 0.6 is 0 Å². The number of hydrogen-bond donors (Lipinski definition) is 4. The van der Waals surface area contributed by atoms with E-state index in [0.717, 1.165) is 6.07 Å². The SMILES string of the molecule is CNc1nc(NCCNC(N)=O)cc(C(F)(F)F)n1. The van der Waals surface area contributed by atoms with Crippen LogP contribution in [0.1, 0.15) is 5.69 Å². The second-order valence-corrected chi connectivity index (χ2v) is 3.43. The highest BCUT2D eigenvalue weighted by molar-refractivity contribution is 5.71. The number of nitrogens with one attached hydrogen (secondary N) is 3. The van der Waals surface area contributed by atoms with Crippen LogP contribution in [0.5, 0.6) is 0 Å². The Hall–Kier alpha value is -2.26. The van der Waals surface area contributed by atoms with Gasteiger partial charge in [-0.25, -0.2) is 9.78 Å². The molecule has 0 aliphatic rings. The van der Waals surface area contributed by atoms with Crippen LogP contribution in [0, 0.1) is 0 Å². The quantitative estimate of drug-likeness (QED) is 0.591. The fourth-order valence-corrected chi connectivity index (χ4v) is 1.17. The Bertz CT molecular complexity index is 450. The van der Waals surface area contributed by atoms with Crippen molar-refractivity contribution in [2.75, 3.05) is 30.8 Å². The zero-order chi connectivity index (χ0) is 14.5. The summed E-state index contributed by atoms with van der Waals surface area (Å²) in [7, 11) is 1.41. The lowest BCUT2D eigenvalue weighted by Gasteiger charge is -2.11. The summed E-state index contributed by atoms with van der Waals surface area (Å²) in [6.07, 6.45) is -4.56. The Labute approximate surface area is 106 Å². The zero-order valence-corrected chi connectivity index (χ0v) is 10.0. The predicted molar refractivity (Wildman–Crippen MR) is 62.7 cm³/mol. The molecule has 1 aromatic rings. The maximum Gasteiger partial charge on any atom is 0.433 e. The van der Waals surface area contributed by atoms with E-state index in [1.165, 1.54) is 7.05 Å². The summed E-state index contributed by atoms with van der Waals surface area (Å²) in [5.41, 5.74) is 3.78. The van der Waals surface area contributed by atoms with E-state index in [4.69, 9.17) is 5.73 Å². The molecule has 7 nitrogen and oxygen atoms in total. The number of rotatable bonds is 5. The Morgan fingerprint density at radius 3 is 2.58 bits per heavy atom. The van der Waals surface area contributed by atoms with E-state index >= 15 is 0 Å². The van der Waals surface area contributed by atoms with Gasteiger partial charge < -0.3 is 21.7 Å². The predicted octanol–water partition coefficient (Wildman–Crippen LogP) is 0.617. The van der Waals surface area contributed by atoms with Crippen molar-refractivity contribution in [3.05, 3.63) is 11.8 Å². The van der Waals surface area contributed by atoms with Crippen molar-refractivity contribution in [2.24, 2.45) is 5.73 Å². The first-order chi connectivity index (χ1) is 8.82. The third-order valence-corrected chi connectivity index (χ3v) is 1.97. The van der Waals surface area contributed by atoms with E-state index in [-0.39, 0.29) is 24.9 Å². The van der Waals surface area contributed by atoms with Crippen LogP contribution in [0.2, 0.25) is 0 Å². The van der Waals surface area contributed by atoms with E-state index in [2.05, 4.69) is 25.9 Å². The van der Waals surface area contributed by atoms with Crippen molar-refractivity contribution in [3.63, 3.8) is 0 Å². The Morgan fingerprint density at radius 1 is 1.37 bits per heavy atom. The monoisotopic (exact) mass is 278 g/mol. The van der Waals surface area contributed by atoms with Gasteiger partial charge in [0.15, 0.2) is 5.69 Å². The van der Waals surface area contributed by atoms with Crippen LogP contribution in [-0.2, 0) is 6.18 Å². The van der Waals surface area contributed by atoms with E-state index in [0.29, 0.717) is 0 Å². The molecular weight excluding hydrogens is 265 g/mol. The van der Waals surface area contributed by atoms with E-state index < -0.39 is 17.9 Å². The summed E-state index contributed by atoms with van der Waals surface area (Å²) in [5, 5.41) is 7.35. The number of amides is 2. The molecular formula is C9H13F3N6O. The molecule has 1 rings (SSSR count). The summed E-state index contributed by atoms with van der Waals surface area (Å²) < 4.78 is 37.7. The average Bonchev–Trinajstić information content (AvgIpc) is 2.33. The number of nitrogens with zero attached hydrogens (tertiary/aromatic N) is 2. The number of urea groups is 1. The van der Waals surface area contributed by atoms with Crippen LogP contribution in [0.4, 0.5) is 29.7 Å². The smallest absolute Gasteiger partial charge is 0.368 e. The molecule has 106 valence electrons. The molecule has 0 atom stereocenters. The fraction of sp³-hybridized carbons (Fsp3) is 0.444. The lowest BCUT2D eigenvalue weighted by atomic mass is 10.3. The standard InChI is InChI=1S/C9H13F3N6O/c1-14-8-17-5(9(10,11)12)4-6(18-8)15-2-3-16-7(13)19/h4H,2-3H2,1H3,(H3,13,16,19)(H2,14,15,17,18). The number of halogens is 3. The molecule has 0 fully saturated rings. The van der Waals surface area contributed by atoms with Crippen molar-refractivity contribution in [1.82, 2.24) is 15.3 Å². The first-order valence-electron chi connectivity index (χ1n) is 5.24. The second-order valence-electron chi connectivity index (χ2n) is 3.43. The molecule has 0 saturated carbocycles. The van der Waals surface area contributed by atoms with Gasteiger partial charge in [0.25, 0.3) is 0 Å². The number of alkyl halides is 3. The number of nitrogens with two attached hydrogens (primary N) is 1. The largest absolute Gasteiger partial charge is 0.433 e. The number of carbonyl (C=O) groups is 1. The summed E-state index contributed by atoms with van der Waals surface area (Å²) in [6.45, 7) is 0.343. The molecule has 2 amide bonds. The molecule has 10 heteroatoms. The van der Waals surface area contributed by atoms with Gasteiger partial charge in [-0.1, -0.05) is 0 Å². The molecule has 19 heavy (non-hydrogen) atoms. The van der Waals surface area contributed by atoms with Crippen molar-refractivity contribution < 1.29 is 18.0 Å². The van der Waals surface area contributed by atoms with Crippen LogP contribution in [0.25, 0.3) is 0 Å². The van der Waals surface area contributed by atoms with E-state index in [1.54, 1.807) is 0 Å². The van der Waals surface area contributed by atoms with Crippen molar-refractivity contribution in [2.45, 2.75) is 6.18 Å². The topological polar surface area (TPSA) is 105 Å². The number of carbonyl (C=O) groups excluding carboxylic acids is 1. The van der Waals surface area contributed by atoms with Gasteiger partial charge in [-0.05, 0) is 0 Å². The first kappa shape index (κ1) is 14.8. The minimum atomic E-state index is -4.56. The maximum absolute atomic E-state index is 12.6. The molecule has 0 spiro atoms. The van der Waals surface area contributed by atoms with Gasteiger partial charge >= 0.3 is 12.2 Å². The molecule has 1 heterocycles. The van der Waals surface area contributed by atoms with Crippen molar-refractivity contribution in [3.8, 4) is 0 Å². The van der Waals surface area contributed by atoms with E-state index in [1.807, 2.05) is 0 Å². The molecule has 0 aliphatic carbocycles. The maximum atomic E-state index is 12.6. The van der Waals surface area contributed by atoms with Gasteiger partial charge in [0.05, 0.1) is 0 Å². The summed E-state index contributed by atoms with van der Waals surface area (Å²) in [4.78, 5) is 17.5. The van der Waals surface area contributed by atoms with Crippen LogP contribution in [0.3, 0.4) is 0 Å². The molecule has 5 N–H and O–H groups in total. The third kappa shape index (κ3) is 4.85. The lowest BCUT2D eigenvalue weighted by Crippen LogP contribution is -2.33. The van der Waals surface area contributed by atoms with E-state index in [9.17, 15) is 18.0 Å². The Balaban J connectivity index is 2.74. The molecule has 0 unspecified atom stereocenters. The van der Waals surface area contributed by atoms with Gasteiger partial charge in [-0.15, -0.1) is 0 Å². The molecule has 0 radical (unpaired) electrons. The van der Waals surface area contributed by atoms with Gasteiger partial charge in [-0.2, -0.15) is 18.2 Å². The highest BCUT2D eigenvalue weighted by Gasteiger charge is 2.33. The van der Waals surface area contributed by atoms with Crippen LogP contribution < -0.4 is 21.7 Å². The molecule has 0 aliphatic heterocycles. The number of aromatic nitrogens is 2. The fourth-order valence-electron chi connectivity index (χ4n) is 1.17. The second kappa shape index (κ2) is 6.07. The van der Waals surface area contributed by atoms with Gasteiger partial charge in [0.1, 0.15) is 5.82 Å². The molecule has 0 saturated heterocycles. The average molecular weight is 278 g/mol. The third-order valence-electron chi connectivity index (χ3n) is 1.97. The van der Waals surface area contributed by atoms with Crippen molar-refractivity contribution in [1.29, 1.82) is 0 Å². The van der Waals surface area contributed by atoms with Gasteiger partial charge in [0.2, 0.25) is 5.95 Å².